The molecule has 2 heteroatoms. The van der Waals surface area contributed by atoms with E-state index in [1.807, 2.05) is 0 Å². The molecule has 0 radical (unpaired) electrons. The third-order valence-corrected chi connectivity index (χ3v) is 3.76. The fraction of sp³-hybridized carbons (Fsp3) is 0.222. The fourth-order valence-electron chi connectivity index (χ4n) is 2.72. The van der Waals surface area contributed by atoms with Gasteiger partial charge in [-0.25, -0.2) is 0 Å². The number of hydrogen-bond donors (Lipinski definition) is 1. The van der Waals surface area contributed by atoms with Crippen LogP contribution in [0.3, 0.4) is 0 Å². The Labute approximate surface area is 119 Å². The van der Waals surface area contributed by atoms with Crippen molar-refractivity contribution in [1.29, 1.82) is 0 Å². The molecular formula is C18H20N2. The van der Waals surface area contributed by atoms with Crippen molar-refractivity contribution in [3.63, 3.8) is 0 Å². The van der Waals surface area contributed by atoms with Crippen LogP contribution in [0.2, 0.25) is 0 Å². The standard InChI is InChI=1S/C18H20N2/c1-14-5-7-15(8-6-14)13-20-12-10-17-4-2-3-16(9-11-19)18(17)20/h2-8,10,12H,9,11,13,19H2,1H3. The topological polar surface area (TPSA) is 30.9 Å². The molecule has 102 valence electrons. The van der Waals surface area contributed by atoms with Crippen molar-refractivity contribution in [2.24, 2.45) is 5.73 Å². The zero-order valence-corrected chi connectivity index (χ0v) is 11.8. The van der Waals surface area contributed by atoms with Gasteiger partial charge in [-0.05, 0) is 42.5 Å². The maximum Gasteiger partial charge on any atom is 0.0516 e. The lowest BCUT2D eigenvalue weighted by atomic mass is 10.1. The molecule has 2 aromatic carbocycles. The monoisotopic (exact) mass is 264 g/mol. The van der Waals surface area contributed by atoms with Crippen molar-refractivity contribution in [1.82, 2.24) is 4.57 Å². The van der Waals surface area contributed by atoms with Crippen molar-refractivity contribution >= 4 is 10.9 Å². The summed E-state index contributed by atoms with van der Waals surface area (Å²) in [6.45, 7) is 3.72. The molecule has 0 spiro atoms. The first kappa shape index (κ1) is 12.9. The summed E-state index contributed by atoms with van der Waals surface area (Å²) >= 11 is 0. The van der Waals surface area contributed by atoms with E-state index < -0.39 is 0 Å². The summed E-state index contributed by atoms with van der Waals surface area (Å²) in [5.41, 5.74) is 11.0. The molecule has 0 unspecified atom stereocenters. The number of nitrogens with zero attached hydrogens (tertiary/aromatic N) is 1. The van der Waals surface area contributed by atoms with E-state index in [2.05, 4.69) is 66.2 Å². The van der Waals surface area contributed by atoms with Gasteiger partial charge in [0.1, 0.15) is 0 Å². The molecule has 0 saturated carbocycles. The SMILES string of the molecule is Cc1ccc(Cn2ccc3cccc(CCN)c32)cc1. The predicted molar refractivity (Wildman–Crippen MR) is 85.0 cm³/mol. The van der Waals surface area contributed by atoms with Crippen LogP contribution in [0.5, 0.6) is 0 Å². The minimum Gasteiger partial charge on any atom is -0.343 e. The third-order valence-electron chi connectivity index (χ3n) is 3.76. The highest BCUT2D eigenvalue weighted by molar-refractivity contribution is 5.83. The maximum absolute atomic E-state index is 5.73. The van der Waals surface area contributed by atoms with Gasteiger partial charge < -0.3 is 10.3 Å². The number of nitrogens with two attached hydrogens (primary N) is 1. The Balaban J connectivity index is 2.00. The van der Waals surface area contributed by atoms with Gasteiger partial charge in [0, 0.05) is 12.7 Å². The molecule has 2 nitrogen and oxygen atoms in total. The smallest absolute Gasteiger partial charge is 0.0516 e. The highest BCUT2D eigenvalue weighted by Crippen LogP contribution is 2.22. The molecule has 0 fully saturated rings. The molecule has 1 heterocycles. The Morgan fingerprint density at radius 3 is 2.55 bits per heavy atom. The number of aryl methyl sites for hydroxylation is 1. The highest BCUT2D eigenvalue weighted by atomic mass is 15.0. The number of aromatic nitrogens is 1. The van der Waals surface area contributed by atoms with Crippen LogP contribution >= 0.6 is 0 Å². The lowest BCUT2D eigenvalue weighted by Crippen LogP contribution is -2.05. The number of rotatable bonds is 4. The van der Waals surface area contributed by atoms with E-state index in [9.17, 15) is 0 Å². The van der Waals surface area contributed by atoms with E-state index in [0.29, 0.717) is 6.54 Å². The Morgan fingerprint density at radius 1 is 1.00 bits per heavy atom. The minimum atomic E-state index is 0.689. The van der Waals surface area contributed by atoms with Gasteiger partial charge in [-0.15, -0.1) is 0 Å². The van der Waals surface area contributed by atoms with Crippen molar-refractivity contribution < 1.29 is 0 Å². The van der Waals surface area contributed by atoms with Crippen molar-refractivity contribution in [2.45, 2.75) is 19.9 Å². The summed E-state index contributed by atoms with van der Waals surface area (Å²) in [6, 6.07) is 17.4. The molecule has 2 N–H and O–H groups in total. The molecule has 3 aromatic rings. The van der Waals surface area contributed by atoms with Crippen molar-refractivity contribution in [3.05, 3.63) is 71.4 Å². The van der Waals surface area contributed by atoms with Crippen LogP contribution in [-0.2, 0) is 13.0 Å². The maximum atomic E-state index is 5.73. The van der Waals surface area contributed by atoms with Gasteiger partial charge in [-0.3, -0.25) is 0 Å². The first-order valence-corrected chi connectivity index (χ1v) is 7.10. The molecule has 0 aliphatic carbocycles. The number of hydrogen-bond acceptors (Lipinski definition) is 1. The Hall–Kier alpha value is -2.06. The first-order valence-electron chi connectivity index (χ1n) is 7.10. The van der Waals surface area contributed by atoms with E-state index in [1.165, 1.54) is 27.6 Å². The fourth-order valence-corrected chi connectivity index (χ4v) is 2.72. The largest absolute Gasteiger partial charge is 0.343 e. The summed E-state index contributed by atoms with van der Waals surface area (Å²) in [5.74, 6) is 0. The summed E-state index contributed by atoms with van der Waals surface area (Å²) < 4.78 is 2.32. The Bertz CT molecular complexity index is 708. The Kier molecular flexibility index (Phi) is 3.57. The summed E-state index contributed by atoms with van der Waals surface area (Å²) in [6.07, 6.45) is 3.10. The van der Waals surface area contributed by atoms with Crippen LogP contribution in [0.15, 0.2) is 54.7 Å². The lowest BCUT2D eigenvalue weighted by molar-refractivity contribution is 0.827. The molecular weight excluding hydrogens is 244 g/mol. The van der Waals surface area contributed by atoms with Crippen LogP contribution in [0, 0.1) is 6.92 Å². The quantitative estimate of drug-likeness (QED) is 0.768. The van der Waals surface area contributed by atoms with Gasteiger partial charge in [-0.2, -0.15) is 0 Å². The minimum absolute atomic E-state index is 0.689. The van der Waals surface area contributed by atoms with Crippen molar-refractivity contribution in [3.8, 4) is 0 Å². The van der Waals surface area contributed by atoms with Crippen LogP contribution in [0.4, 0.5) is 0 Å². The van der Waals surface area contributed by atoms with Crippen LogP contribution < -0.4 is 5.73 Å². The lowest BCUT2D eigenvalue weighted by Gasteiger charge is -2.10. The molecule has 0 atom stereocenters. The van der Waals surface area contributed by atoms with Gasteiger partial charge >= 0.3 is 0 Å². The van der Waals surface area contributed by atoms with Gasteiger partial charge in [0.25, 0.3) is 0 Å². The Morgan fingerprint density at radius 2 is 1.80 bits per heavy atom. The van der Waals surface area contributed by atoms with E-state index >= 15 is 0 Å². The summed E-state index contributed by atoms with van der Waals surface area (Å²) in [4.78, 5) is 0. The normalized spacial score (nSPS) is 11.1. The summed E-state index contributed by atoms with van der Waals surface area (Å²) in [7, 11) is 0. The molecule has 3 rings (SSSR count). The van der Waals surface area contributed by atoms with Crippen LogP contribution in [0.1, 0.15) is 16.7 Å². The van der Waals surface area contributed by atoms with E-state index in [4.69, 9.17) is 5.73 Å². The zero-order valence-electron chi connectivity index (χ0n) is 11.8. The number of fused-ring (bicyclic) bond motifs is 1. The second kappa shape index (κ2) is 5.51. The average molecular weight is 264 g/mol. The van der Waals surface area contributed by atoms with Gasteiger partial charge in [0.05, 0.1) is 5.52 Å². The molecule has 0 saturated heterocycles. The molecule has 0 bridgehead atoms. The molecule has 0 amide bonds. The second-order valence-electron chi connectivity index (χ2n) is 5.32. The van der Waals surface area contributed by atoms with E-state index in [1.54, 1.807) is 0 Å². The van der Waals surface area contributed by atoms with Gasteiger partial charge in [0.15, 0.2) is 0 Å². The first-order chi connectivity index (χ1) is 9.78. The molecule has 0 aliphatic heterocycles. The predicted octanol–water partition coefficient (Wildman–Crippen LogP) is 3.50. The highest BCUT2D eigenvalue weighted by Gasteiger charge is 2.06. The second-order valence-corrected chi connectivity index (χ2v) is 5.32. The van der Waals surface area contributed by atoms with Crippen molar-refractivity contribution in [2.75, 3.05) is 6.54 Å². The van der Waals surface area contributed by atoms with Gasteiger partial charge in [-0.1, -0.05) is 48.0 Å². The third kappa shape index (κ3) is 2.47. The zero-order chi connectivity index (χ0) is 13.9. The van der Waals surface area contributed by atoms with Crippen LogP contribution in [0.25, 0.3) is 10.9 Å². The van der Waals surface area contributed by atoms with E-state index in [-0.39, 0.29) is 0 Å². The van der Waals surface area contributed by atoms with E-state index in [0.717, 1.165) is 13.0 Å². The average Bonchev–Trinajstić information content (AvgIpc) is 2.86. The van der Waals surface area contributed by atoms with Gasteiger partial charge in [0.2, 0.25) is 0 Å². The molecule has 1 aromatic heterocycles. The molecule has 20 heavy (non-hydrogen) atoms. The molecule has 0 aliphatic rings. The number of para-hydroxylation sites is 1. The van der Waals surface area contributed by atoms with Crippen LogP contribution in [-0.4, -0.2) is 11.1 Å². The summed E-state index contributed by atoms with van der Waals surface area (Å²) in [5, 5.41) is 1.29. The number of benzene rings is 2.